The van der Waals surface area contributed by atoms with Crippen LogP contribution in [0.1, 0.15) is 174 Å². The van der Waals surface area contributed by atoms with Crippen LogP contribution in [0.25, 0.3) is 0 Å². The molecule has 0 rings (SSSR count). The largest absolute Gasteiger partial charge is 0.544 e. The molecule has 0 aliphatic carbocycles. The number of nitrogens with zero attached hydrogens (tertiary/aromatic N) is 1. The van der Waals surface area contributed by atoms with E-state index in [1.54, 1.807) is 21.1 Å². The van der Waals surface area contributed by atoms with Crippen molar-refractivity contribution in [1.82, 2.24) is 0 Å². The second-order valence-electron chi connectivity index (χ2n) is 16.7. The van der Waals surface area contributed by atoms with Crippen LogP contribution in [0.2, 0.25) is 0 Å². The number of esters is 2. The van der Waals surface area contributed by atoms with E-state index in [-0.39, 0.29) is 42.7 Å². The summed E-state index contributed by atoms with van der Waals surface area (Å²) in [5.41, 5.74) is 0. The van der Waals surface area contributed by atoms with E-state index in [1.165, 1.54) is 70.6 Å². The maximum Gasteiger partial charge on any atom is 0.306 e. The number of allylic oxidation sites excluding steroid dienone is 14. The van der Waals surface area contributed by atoms with Crippen LogP contribution in [0.15, 0.2) is 85.1 Å². The molecule has 0 heterocycles. The Bertz CT molecular complexity index is 1250. The fourth-order valence-electron chi connectivity index (χ4n) is 6.51. The molecule has 0 saturated carbocycles. The van der Waals surface area contributed by atoms with Crippen LogP contribution in [-0.4, -0.2) is 75.5 Å². The number of carboxylic acid groups (broad SMARTS) is 1. The Labute approximate surface area is 367 Å². The highest BCUT2D eigenvalue weighted by atomic mass is 16.6. The van der Waals surface area contributed by atoms with Crippen molar-refractivity contribution in [1.29, 1.82) is 0 Å². The summed E-state index contributed by atoms with van der Waals surface area (Å²) < 4.78 is 17.1. The molecule has 0 radical (unpaired) electrons. The Kier molecular flexibility index (Phi) is 39.8. The minimum atomic E-state index is -1.13. The molecule has 0 amide bonds. The molecular weight excluding hydrogens is 751 g/mol. The Morgan fingerprint density at radius 2 is 0.967 bits per heavy atom. The van der Waals surface area contributed by atoms with Crippen molar-refractivity contribution in [2.45, 2.75) is 187 Å². The molecule has 60 heavy (non-hydrogen) atoms. The standard InChI is InChI=1S/C52H87NO7/c1-6-8-10-12-14-16-18-20-21-22-23-24-25-26-27-28-29-31-33-35-37-39-41-43-51(55)60-48(46-58-45-44-49(52(56)57)53(3,4)5)47-59-50(54)42-40-38-36-34-32-30-19-17-15-13-11-9-7-2/h8-11,13-17,19-21,30,32,48-49H,6-7,12,18,22-29,31,33-47H2,1-5H3/b10-8+,11-9+,15-13+,16-14+,19-17+,21-20+,32-30+. The second-order valence-corrected chi connectivity index (χ2v) is 16.7. The van der Waals surface area contributed by atoms with E-state index >= 15 is 0 Å². The topological polar surface area (TPSA) is 102 Å². The molecule has 0 bridgehead atoms. The van der Waals surface area contributed by atoms with Crippen molar-refractivity contribution in [3.05, 3.63) is 85.1 Å². The van der Waals surface area contributed by atoms with Crippen LogP contribution in [0, 0.1) is 0 Å². The van der Waals surface area contributed by atoms with Gasteiger partial charge >= 0.3 is 11.9 Å². The predicted octanol–water partition coefficient (Wildman–Crippen LogP) is 12.0. The molecule has 8 nitrogen and oxygen atoms in total. The van der Waals surface area contributed by atoms with Gasteiger partial charge < -0.3 is 28.6 Å². The van der Waals surface area contributed by atoms with Crippen LogP contribution in [0.4, 0.5) is 0 Å². The maximum atomic E-state index is 12.8. The van der Waals surface area contributed by atoms with E-state index in [0.29, 0.717) is 12.8 Å². The van der Waals surface area contributed by atoms with E-state index in [4.69, 9.17) is 14.2 Å². The zero-order valence-electron chi connectivity index (χ0n) is 38.8. The smallest absolute Gasteiger partial charge is 0.306 e. The normalized spacial score (nSPS) is 13.7. The van der Waals surface area contributed by atoms with Crippen molar-refractivity contribution < 1.29 is 38.2 Å². The first-order valence-electron chi connectivity index (χ1n) is 23.7. The molecule has 0 aromatic rings. The van der Waals surface area contributed by atoms with E-state index in [0.717, 1.165) is 70.6 Å². The number of carboxylic acids is 1. The zero-order chi connectivity index (χ0) is 44.2. The van der Waals surface area contributed by atoms with E-state index in [9.17, 15) is 19.5 Å². The molecule has 0 spiro atoms. The van der Waals surface area contributed by atoms with Crippen LogP contribution in [-0.2, 0) is 28.6 Å². The predicted molar refractivity (Wildman–Crippen MR) is 249 cm³/mol. The van der Waals surface area contributed by atoms with Gasteiger partial charge in [-0.3, -0.25) is 9.59 Å². The van der Waals surface area contributed by atoms with Gasteiger partial charge in [-0.1, -0.05) is 176 Å². The fourth-order valence-corrected chi connectivity index (χ4v) is 6.51. The van der Waals surface area contributed by atoms with Crippen molar-refractivity contribution in [3.8, 4) is 0 Å². The number of unbranched alkanes of at least 4 members (excludes halogenated alkanes) is 16. The average Bonchev–Trinajstić information content (AvgIpc) is 3.21. The molecular formula is C52H87NO7. The SMILES string of the molecule is CC/C=C/C=C/C=C/C=C/CCCCCC(=O)OCC(COCCC(C(=O)[O-])[N+](C)(C)C)OC(=O)CCCCCCCCCCCCCCC/C=C/C/C=C/C/C=C/CC. The lowest BCUT2D eigenvalue weighted by Gasteiger charge is -2.34. The highest BCUT2D eigenvalue weighted by Crippen LogP contribution is 2.15. The van der Waals surface area contributed by atoms with E-state index in [1.807, 2.05) is 36.5 Å². The summed E-state index contributed by atoms with van der Waals surface area (Å²) in [5.74, 6) is -1.79. The lowest BCUT2D eigenvalue weighted by molar-refractivity contribution is -0.889. The first kappa shape index (κ1) is 56.5. The van der Waals surface area contributed by atoms with Crippen LogP contribution >= 0.6 is 0 Å². The first-order chi connectivity index (χ1) is 29.1. The van der Waals surface area contributed by atoms with Gasteiger partial charge in [-0.15, -0.1) is 0 Å². The summed E-state index contributed by atoms with van der Waals surface area (Å²) >= 11 is 0. The van der Waals surface area contributed by atoms with Gasteiger partial charge in [0.15, 0.2) is 6.10 Å². The minimum absolute atomic E-state index is 0.0235. The molecule has 0 aliphatic rings. The van der Waals surface area contributed by atoms with Crippen molar-refractivity contribution >= 4 is 17.9 Å². The molecule has 0 fully saturated rings. The number of carbonyl (C=O) groups excluding carboxylic acids is 3. The number of likely N-dealkylation sites (N-methyl/N-ethyl adjacent to an activating group) is 1. The zero-order valence-corrected chi connectivity index (χ0v) is 38.8. The summed E-state index contributed by atoms with van der Waals surface area (Å²) in [5, 5.41) is 11.6. The van der Waals surface area contributed by atoms with Gasteiger partial charge in [0.05, 0.1) is 40.3 Å². The van der Waals surface area contributed by atoms with Gasteiger partial charge in [0, 0.05) is 19.3 Å². The van der Waals surface area contributed by atoms with Crippen molar-refractivity contribution in [2.75, 3.05) is 41.0 Å². The molecule has 0 aliphatic heterocycles. The number of hydrogen-bond donors (Lipinski definition) is 0. The van der Waals surface area contributed by atoms with E-state index < -0.39 is 18.1 Å². The van der Waals surface area contributed by atoms with Gasteiger partial charge in [-0.25, -0.2) is 0 Å². The van der Waals surface area contributed by atoms with Gasteiger partial charge in [-0.2, -0.15) is 0 Å². The number of rotatable bonds is 41. The number of hydrogen-bond acceptors (Lipinski definition) is 7. The average molecular weight is 838 g/mol. The number of aliphatic carboxylic acids is 1. The third kappa shape index (κ3) is 39.9. The molecule has 0 aromatic carbocycles. The number of quaternary nitrogens is 1. The van der Waals surface area contributed by atoms with Gasteiger partial charge in [0.25, 0.3) is 0 Å². The lowest BCUT2D eigenvalue weighted by atomic mass is 10.0. The highest BCUT2D eigenvalue weighted by Gasteiger charge is 2.25. The van der Waals surface area contributed by atoms with Gasteiger partial charge in [-0.05, 0) is 64.2 Å². The summed E-state index contributed by atoms with van der Waals surface area (Å²) in [7, 11) is 5.39. The quantitative estimate of drug-likeness (QED) is 0.0199. The number of ether oxygens (including phenoxy) is 3. The van der Waals surface area contributed by atoms with Crippen LogP contribution in [0.5, 0.6) is 0 Å². The summed E-state index contributed by atoms with van der Waals surface area (Å²) in [6.45, 7) is 4.36. The fraction of sp³-hybridized carbons (Fsp3) is 0.673. The third-order valence-electron chi connectivity index (χ3n) is 10.1. The van der Waals surface area contributed by atoms with Crippen LogP contribution < -0.4 is 5.11 Å². The van der Waals surface area contributed by atoms with Gasteiger partial charge in [0.2, 0.25) is 0 Å². The Morgan fingerprint density at radius 1 is 0.517 bits per heavy atom. The van der Waals surface area contributed by atoms with Crippen molar-refractivity contribution in [3.63, 3.8) is 0 Å². The van der Waals surface area contributed by atoms with E-state index in [2.05, 4.69) is 62.5 Å². The third-order valence-corrected chi connectivity index (χ3v) is 10.1. The maximum absolute atomic E-state index is 12.8. The first-order valence-corrected chi connectivity index (χ1v) is 23.7. The highest BCUT2D eigenvalue weighted by molar-refractivity contribution is 5.70. The summed E-state index contributed by atoms with van der Waals surface area (Å²) in [4.78, 5) is 36.9. The van der Waals surface area contributed by atoms with Crippen LogP contribution in [0.3, 0.4) is 0 Å². The molecule has 2 unspecified atom stereocenters. The summed E-state index contributed by atoms with van der Waals surface area (Å²) in [6.07, 6.45) is 54.8. The lowest BCUT2D eigenvalue weighted by Crippen LogP contribution is -2.55. The molecule has 0 saturated heterocycles. The molecule has 8 heteroatoms. The number of carbonyl (C=O) groups is 3. The monoisotopic (exact) mass is 838 g/mol. The molecule has 0 N–H and O–H groups in total. The van der Waals surface area contributed by atoms with Crippen molar-refractivity contribution in [2.24, 2.45) is 0 Å². The van der Waals surface area contributed by atoms with Gasteiger partial charge in [0.1, 0.15) is 12.6 Å². The Hall–Kier alpha value is -3.49. The minimum Gasteiger partial charge on any atom is -0.544 e. The Morgan fingerprint density at radius 3 is 1.52 bits per heavy atom. The molecule has 0 aromatic heterocycles. The molecule has 2 atom stereocenters. The molecule has 342 valence electrons. The summed E-state index contributed by atoms with van der Waals surface area (Å²) in [6, 6.07) is -0.736. The second kappa shape index (κ2) is 42.2. The Balaban J connectivity index is 4.28.